The van der Waals surface area contributed by atoms with E-state index in [4.69, 9.17) is 0 Å². The van der Waals surface area contributed by atoms with Gasteiger partial charge in [-0.2, -0.15) is 0 Å². The summed E-state index contributed by atoms with van der Waals surface area (Å²) in [6.45, 7) is -0.932. The van der Waals surface area contributed by atoms with E-state index in [1.54, 1.807) is 6.92 Å². The maximum Gasteiger partial charge on any atom is 0.491 e. The van der Waals surface area contributed by atoms with Crippen molar-refractivity contribution < 1.29 is 12.9 Å². The predicted octanol–water partition coefficient (Wildman–Crippen LogP) is 2.15. The average molecular weight is 168 g/mol. The molecule has 0 heterocycles. The van der Waals surface area contributed by atoms with Crippen molar-refractivity contribution in [2.24, 2.45) is 0 Å². The third kappa shape index (κ3) is 7.71. The molecule has 1 N–H and O–H groups in total. The largest absolute Gasteiger partial charge is 0.491 e. The van der Waals surface area contributed by atoms with Crippen LogP contribution in [0, 0.1) is 0 Å². The Labute approximate surface area is 65.4 Å². The predicted molar refractivity (Wildman–Crippen MR) is 41.5 cm³/mol. The second kappa shape index (κ2) is 4.64. The van der Waals surface area contributed by atoms with Crippen molar-refractivity contribution in [1.82, 2.24) is 5.32 Å². The summed E-state index contributed by atoms with van der Waals surface area (Å²) in [6.07, 6.45) is 0.895. The van der Waals surface area contributed by atoms with Gasteiger partial charge in [-0.3, -0.25) is 0 Å². The van der Waals surface area contributed by atoms with E-state index in [1.165, 1.54) is 0 Å². The molecule has 0 radical (unpaired) electrons. The van der Waals surface area contributed by atoms with Crippen molar-refractivity contribution in [3.63, 3.8) is 0 Å². The molecule has 1 nitrogen and oxygen atoms in total. The molecule has 1 unspecified atom stereocenters. The number of nitrogens with one attached hydrogen (secondary N) is 1. The van der Waals surface area contributed by atoms with Crippen LogP contribution >= 0.6 is 0 Å². The van der Waals surface area contributed by atoms with Gasteiger partial charge in [0.05, 0.1) is 0 Å². The van der Waals surface area contributed by atoms with Crippen LogP contribution in [0.4, 0.5) is 12.9 Å². The van der Waals surface area contributed by atoms with Crippen molar-refractivity contribution in [3.8, 4) is 0 Å². The van der Waals surface area contributed by atoms with E-state index in [2.05, 4.69) is 5.32 Å². The van der Waals surface area contributed by atoms with Crippen molar-refractivity contribution in [2.45, 2.75) is 32.7 Å². The zero-order valence-electron chi connectivity index (χ0n) is 6.91. The van der Waals surface area contributed by atoms with Gasteiger partial charge in [0.25, 0.3) is 0 Å². The van der Waals surface area contributed by atoms with E-state index < -0.39 is 13.4 Å². The first kappa shape index (κ1) is 10.8. The van der Waals surface area contributed by atoms with Crippen LogP contribution in [-0.2, 0) is 0 Å². The lowest BCUT2D eigenvalue weighted by atomic mass is 9.92. The lowest BCUT2D eigenvalue weighted by Gasteiger charge is -2.18. The van der Waals surface area contributed by atoms with Gasteiger partial charge >= 0.3 is 6.98 Å². The van der Waals surface area contributed by atoms with Crippen molar-refractivity contribution >= 4 is 6.98 Å². The maximum atomic E-state index is 11.7. The van der Waals surface area contributed by atoms with E-state index in [9.17, 15) is 12.9 Å². The highest BCUT2D eigenvalue weighted by molar-refractivity contribution is 6.58. The van der Waals surface area contributed by atoms with Gasteiger partial charge in [-0.25, -0.2) is 0 Å². The Bertz CT molecular complexity index is 104. The van der Waals surface area contributed by atoms with Gasteiger partial charge in [0.1, 0.15) is 0 Å². The SMILES string of the molecule is CCCC(C)NC[B-](F)(F)F. The van der Waals surface area contributed by atoms with Crippen LogP contribution < -0.4 is 5.32 Å². The Morgan fingerprint density at radius 3 is 2.27 bits per heavy atom. The Morgan fingerprint density at radius 1 is 1.36 bits per heavy atom. The minimum absolute atomic E-state index is 0.0245. The quantitative estimate of drug-likeness (QED) is 0.620. The second-order valence-corrected chi connectivity index (χ2v) is 2.81. The third-order valence-electron chi connectivity index (χ3n) is 1.42. The molecule has 0 fully saturated rings. The molecular formula is C6H14BF3N-. The lowest BCUT2D eigenvalue weighted by Crippen LogP contribution is -2.38. The van der Waals surface area contributed by atoms with Gasteiger partial charge in [0, 0.05) is 6.04 Å². The standard InChI is InChI=1S/C6H14BF3N/c1-3-4-6(2)11-5-7(8,9)10/h6,11H,3-5H2,1-2H3/q-1. The van der Waals surface area contributed by atoms with Gasteiger partial charge in [0.2, 0.25) is 0 Å². The summed E-state index contributed by atoms with van der Waals surface area (Å²) in [5.74, 6) is 0. The molecule has 0 aliphatic carbocycles. The lowest BCUT2D eigenvalue weighted by molar-refractivity contribution is 0.434. The fourth-order valence-electron chi connectivity index (χ4n) is 0.870. The first-order valence-electron chi connectivity index (χ1n) is 3.90. The minimum Gasteiger partial charge on any atom is -0.448 e. The molecule has 0 saturated carbocycles. The first-order valence-corrected chi connectivity index (χ1v) is 3.90. The van der Waals surface area contributed by atoms with E-state index in [-0.39, 0.29) is 6.04 Å². The second-order valence-electron chi connectivity index (χ2n) is 2.81. The molecule has 0 bridgehead atoms. The Morgan fingerprint density at radius 2 is 1.91 bits per heavy atom. The summed E-state index contributed by atoms with van der Waals surface area (Å²) >= 11 is 0. The highest BCUT2D eigenvalue weighted by atomic mass is 19.4. The summed E-state index contributed by atoms with van der Waals surface area (Å²) in [7, 11) is 0. The normalized spacial score (nSPS) is 15.0. The summed E-state index contributed by atoms with van der Waals surface area (Å²) in [6, 6.07) is -0.0245. The third-order valence-corrected chi connectivity index (χ3v) is 1.42. The van der Waals surface area contributed by atoms with Crippen LogP contribution in [-0.4, -0.2) is 19.5 Å². The number of hydrogen-bond acceptors (Lipinski definition) is 1. The van der Waals surface area contributed by atoms with Gasteiger partial charge in [-0.1, -0.05) is 13.3 Å². The number of hydrogen-bond donors (Lipinski definition) is 1. The van der Waals surface area contributed by atoms with E-state index in [1.807, 2.05) is 6.92 Å². The van der Waals surface area contributed by atoms with Crippen LogP contribution in [0.2, 0.25) is 0 Å². The zero-order valence-corrected chi connectivity index (χ0v) is 6.91. The summed E-state index contributed by atoms with van der Waals surface area (Å²) in [4.78, 5) is 0. The summed E-state index contributed by atoms with van der Waals surface area (Å²) in [5.41, 5.74) is 0. The molecule has 11 heavy (non-hydrogen) atoms. The molecule has 1 atom stereocenters. The maximum absolute atomic E-state index is 11.7. The number of rotatable bonds is 5. The minimum atomic E-state index is -4.66. The smallest absolute Gasteiger partial charge is 0.448 e. The zero-order chi connectivity index (χ0) is 8.91. The molecule has 0 aliphatic heterocycles. The van der Waals surface area contributed by atoms with Crippen LogP contribution in [0.15, 0.2) is 0 Å². The fraction of sp³-hybridized carbons (Fsp3) is 1.00. The van der Waals surface area contributed by atoms with Crippen LogP contribution in [0.3, 0.4) is 0 Å². The van der Waals surface area contributed by atoms with Gasteiger partial charge in [-0.05, 0) is 19.8 Å². The molecule has 0 saturated heterocycles. The molecule has 0 spiro atoms. The van der Waals surface area contributed by atoms with E-state index in [0.717, 1.165) is 12.8 Å². The molecular weight excluding hydrogens is 154 g/mol. The van der Waals surface area contributed by atoms with Crippen LogP contribution in [0.25, 0.3) is 0 Å². The molecule has 5 heteroatoms. The van der Waals surface area contributed by atoms with E-state index >= 15 is 0 Å². The van der Waals surface area contributed by atoms with Crippen molar-refractivity contribution in [2.75, 3.05) is 6.44 Å². The molecule has 68 valence electrons. The monoisotopic (exact) mass is 168 g/mol. The van der Waals surface area contributed by atoms with Gasteiger partial charge in [-0.15, -0.1) is 0 Å². The first-order chi connectivity index (χ1) is 4.95. The fourth-order valence-corrected chi connectivity index (χ4v) is 0.870. The highest BCUT2D eigenvalue weighted by Gasteiger charge is 2.22. The summed E-state index contributed by atoms with van der Waals surface area (Å²) < 4.78 is 35.0. The number of halogens is 3. The van der Waals surface area contributed by atoms with Crippen molar-refractivity contribution in [1.29, 1.82) is 0 Å². The molecule has 0 aliphatic rings. The molecule has 0 aromatic heterocycles. The molecule has 0 aromatic rings. The Kier molecular flexibility index (Phi) is 4.57. The van der Waals surface area contributed by atoms with Gasteiger partial charge in [0.15, 0.2) is 0 Å². The molecule has 0 rings (SSSR count). The van der Waals surface area contributed by atoms with Crippen LogP contribution in [0.1, 0.15) is 26.7 Å². The Balaban J connectivity index is 3.38. The highest BCUT2D eigenvalue weighted by Crippen LogP contribution is 2.06. The average Bonchev–Trinajstić information content (AvgIpc) is 1.83. The van der Waals surface area contributed by atoms with Crippen molar-refractivity contribution in [3.05, 3.63) is 0 Å². The van der Waals surface area contributed by atoms with Gasteiger partial charge < -0.3 is 18.3 Å². The van der Waals surface area contributed by atoms with Crippen LogP contribution in [0.5, 0.6) is 0 Å². The Hall–Kier alpha value is -0.185. The summed E-state index contributed by atoms with van der Waals surface area (Å²) in [5, 5.41) is 2.43. The molecule has 0 aromatic carbocycles. The topological polar surface area (TPSA) is 12.0 Å². The molecule has 0 amide bonds. The van der Waals surface area contributed by atoms with E-state index in [0.29, 0.717) is 0 Å².